The van der Waals surface area contributed by atoms with Crippen molar-refractivity contribution in [3.05, 3.63) is 89.0 Å². The lowest BCUT2D eigenvalue weighted by atomic mass is 9.95. The van der Waals surface area contributed by atoms with Gasteiger partial charge in [-0.1, -0.05) is 42.5 Å². The quantitative estimate of drug-likeness (QED) is 0.656. The number of nitrogens with zero attached hydrogens (tertiary/aromatic N) is 3. The number of fused-ring (bicyclic) bond motifs is 1. The molecule has 0 bridgehead atoms. The van der Waals surface area contributed by atoms with Gasteiger partial charge in [0.2, 0.25) is 5.91 Å². The van der Waals surface area contributed by atoms with Crippen LogP contribution in [-0.2, 0) is 31.2 Å². The fraction of sp³-hybridized carbons (Fsp3) is 0.333. The average molecular weight is 407 g/mol. The number of aromatic nitrogens is 2. The first-order valence-electron chi connectivity index (χ1n) is 10.4. The Morgan fingerprint density at radius 1 is 1.10 bits per heavy atom. The Morgan fingerprint density at radius 2 is 1.83 bits per heavy atom. The zero-order valence-electron chi connectivity index (χ0n) is 17.2. The molecule has 1 aromatic heterocycles. The molecule has 0 spiro atoms. The van der Waals surface area contributed by atoms with Crippen LogP contribution in [0.5, 0.6) is 0 Å². The van der Waals surface area contributed by atoms with Gasteiger partial charge in [-0.25, -0.2) is 4.39 Å². The van der Waals surface area contributed by atoms with Crippen molar-refractivity contribution in [2.75, 3.05) is 19.6 Å². The van der Waals surface area contributed by atoms with Gasteiger partial charge in [0, 0.05) is 45.0 Å². The summed E-state index contributed by atoms with van der Waals surface area (Å²) in [6.45, 7) is 2.90. The van der Waals surface area contributed by atoms with Crippen LogP contribution in [0.1, 0.15) is 28.3 Å². The minimum absolute atomic E-state index is 0.00136. The summed E-state index contributed by atoms with van der Waals surface area (Å²) in [4.78, 5) is 15.3. The van der Waals surface area contributed by atoms with Crippen LogP contribution in [0.2, 0.25) is 0 Å². The summed E-state index contributed by atoms with van der Waals surface area (Å²) >= 11 is 0. The molecule has 5 nitrogen and oxygen atoms in total. The van der Waals surface area contributed by atoms with Crippen molar-refractivity contribution in [3.8, 4) is 0 Å². The number of nitrogens with one attached hydrogen (secondary N) is 1. The molecule has 0 aliphatic carbocycles. The van der Waals surface area contributed by atoms with Crippen molar-refractivity contribution in [2.45, 2.75) is 25.3 Å². The van der Waals surface area contributed by atoms with Crippen molar-refractivity contribution in [1.82, 2.24) is 20.0 Å². The highest BCUT2D eigenvalue weighted by Crippen LogP contribution is 2.27. The molecule has 3 aromatic rings. The Balaban J connectivity index is 1.38. The van der Waals surface area contributed by atoms with Crippen LogP contribution in [-0.4, -0.2) is 40.2 Å². The Hall–Kier alpha value is -2.99. The normalized spacial score (nSPS) is 16.3. The number of halogens is 1. The lowest BCUT2D eigenvalue weighted by Crippen LogP contribution is -2.42. The fourth-order valence-electron chi connectivity index (χ4n) is 4.03. The third-order valence-corrected chi connectivity index (χ3v) is 5.60. The molecule has 4 rings (SSSR count). The molecule has 30 heavy (non-hydrogen) atoms. The molecule has 0 radical (unpaired) electrons. The van der Waals surface area contributed by atoms with Gasteiger partial charge in [0.25, 0.3) is 0 Å². The molecule has 1 unspecified atom stereocenters. The van der Waals surface area contributed by atoms with E-state index in [2.05, 4.69) is 39.6 Å². The Labute approximate surface area is 176 Å². The highest BCUT2D eigenvalue weighted by molar-refractivity contribution is 5.84. The number of amides is 1. The Bertz CT molecular complexity index is 984. The minimum Gasteiger partial charge on any atom is -0.355 e. The molecule has 2 aromatic carbocycles. The van der Waals surface area contributed by atoms with E-state index in [1.807, 2.05) is 19.3 Å². The van der Waals surface area contributed by atoms with Gasteiger partial charge in [-0.15, -0.1) is 0 Å². The predicted molar refractivity (Wildman–Crippen MR) is 114 cm³/mol. The first kappa shape index (κ1) is 20.3. The average Bonchev–Trinajstić information content (AvgIpc) is 3.13. The number of hydrogen-bond acceptors (Lipinski definition) is 3. The number of benzene rings is 2. The summed E-state index contributed by atoms with van der Waals surface area (Å²) in [7, 11) is 1.90. The van der Waals surface area contributed by atoms with Crippen LogP contribution in [0.3, 0.4) is 0 Å². The standard InChI is InChI=1S/C24H27FN4O/c1-28-15-20-16-29(14-12-18-5-3-2-4-6-18)17-22(23(20)27-28)24(30)26-13-11-19-7-9-21(25)10-8-19/h2-10,15,22H,11-14,16-17H2,1H3,(H,26,30). The molecular weight excluding hydrogens is 379 g/mol. The van der Waals surface area contributed by atoms with Gasteiger partial charge in [0.1, 0.15) is 5.82 Å². The van der Waals surface area contributed by atoms with E-state index in [1.54, 1.807) is 16.8 Å². The van der Waals surface area contributed by atoms with E-state index in [0.717, 1.165) is 36.3 Å². The minimum atomic E-state index is -0.279. The molecular formula is C24H27FN4O. The summed E-state index contributed by atoms with van der Waals surface area (Å²) in [5.41, 5.74) is 4.31. The molecule has 1 amide bonds. The zero-order chi connectivity index (χ0) is 20.9. The largest absolute Gasteiger partial charge is 0.355 e. The second-order valence-corrected chi connectivity index (χ2v) is 7.90. The molecule has 1 N–H and O–H groups in total. The smallest absolute Gasteiger partial charge is 0.230 e. The Morgan fingerprint density at radius 3 is 2.60 bits per heavy atom. The highest BCUT2D eigenvalue weighted by atomic mass is 19.1. The molecule has 0 saturated carbocycles. The summed E-state index contributed by atoms with van der Waals surface area (Å²) in [6.07, 6.45) is 3.64. The number of hydrogen-bond donors (Lipinski definition) is 1. The van der Waals surface area contributed by atoms with E-state index in [4.69, 9.17) is 0 Å². The first-order valence-corrected chi connectivity index (χ1v) is 10.4. The van der Waals surface area contributed by atoms with E-state index < -0.39 is 0 Å². The number of carbonyl (C=O) groups excluding carboxylic acids is 1. The SMILES string of the molecule is Cn1cc2c(n1)C(C(=O)NCCc1ccc(F)cc1)CN(CCc1ccccc1)C2. The number of rotatable bonds is 7. The number of aryl methyl sites for hydroxylation is 1. The van der Waals surface area contributed by atoms with Crippen molar-refractivity contribution >= 4 is 5.91 Å². The molecule has 2 heterocycles. The summed E-state index contributed by atoms with van der Waals surface area (Å²) < 4.78 is 14.8. The lowest BCUT2D eigenvalue weighted by Gasteiger charge is -2.31. The van der Waals surface area contributed by atoms with E-state index in [9.17, 15) is 9.18 Å². The van der Waals surface area contributed by atoms with E-state index in [0.29, 0.717) is 19.5 Å². The van der Waals surface area contributed by atoms with Crippen molar-refractivity contribution < 1.29 is 9.18 Å². The molecule has 1 atom stereocenters. The van der Waals surface area contributed by atoms with Gasteiger partial charge < -0.3 is 5.32 Å². The van der Waals surface area contributed by atoms with Crippen LogP contribution in [0.25, 0.3) is 0 Å². The maximum Gasteiger partial charge on any atom is 0.230 e. The molecule has 0 saturated heterocycles. The van der Waals surface area contributed by atoms with Crippen LogP contribution < -0.4 is 5.32 Å². The van der Waals surface area contributed by atoms with Crippen LogP contribution in [0.15, 0.2) is 60.8 Å². The molecule has 1 aliphatic rings. The van der Waals surface area contributed by atoms with Gasteiger partial charge in [0.05, 0.1) is 11.6 Å². The second kappa shape index (κ2) is 9.22. The van der Waals surface area contributed by atoms with Crippen LogP contribution >= 0.6 is 0 Å². The lowest BCUT2D eigenvalue weighted by molar-refractivity contribution is -0.123. The molecule has 6 heteroatoms. The number of carbonyl (C=O) groups is 1. The topological polar surface area (TPSA) is 50.2 Å². The van der Waals surface area contributed by atoms with Gasteiger partial charge in [-0.2, -0.15) is 5.10 Å². The third kappa shape index (κ3) is 4.94. The van der Waals surface area contributed by atoms with E-state index in [1.165, 1.54) is 17.7 Å². The maximum absolute atomic E-state index is 13.0. The monoisotopic (exact) mass is 406 g/mol. The summed E-state index contributed by atoms with van der Waals surface area (Å²) in [6, 6.07) is 16.8. The fourth-order valence-corrected chi connectivity index (χ4v) is 4.03. The Kier molecular flexibility index (Phi) is 6.23. The highest BCUT2D eigenvalue weighted by Gasteiger charge is 2.32. The summed E-state index contributed by atoms with van der Waals surface area (Å²) in [5, 5.41) is 7.62. The second-order valence-electron chi connectivity index (χ2n) is 7.90. The van der Waals surface area contributed by atoms with Crippen molar-refractivity contribution in [3.63, 3.8) is 0 Å². The van der Waals surface area contributed by atoms with Gasteiger partial charge in [0.15, 0.2) is 0 Å². The van der Waals surface area contributed by atoms with E-state index in [-0.39, 0.29) is 17.6 Å². The third-order valence-electron chi connectivity index (χ3n) is 5.60. The predicted octanol–water partition coefficient (Wildman–Crippen LogP) is 3.06. The van der Waals surface area contributed by atoms with Gasteiger partial charge in [-0.05, 0) is 36.1 Å². The van der Waals surface area contributed by atoms with Crippen molar-refractivity contribution in [2.24, 2.45) is 7.05 Å². The summed E-state index contributed by atoms with van der Waals surface area (Å²) in [5.74, 6) is -0.524. The first-order chi connectivity index (χ1) is 14.6. The van der Waals surface area contributed by atoms with E-state index >= 15 is 0 Å². The molecule has 1 aliphatic heterocycles. The maximum atomic E-state index is 13.0. The van der Waals surface area contributed by atoms with Gasteiger partial charge in [-0.3, -0.25) is 14.4 Å². The molecule has 156 valence electrons. The molecule has 0 fully saturated rings. The zero-order valence-corrected chi connectivity index (χ0v) is 17.2. The van der Waals surface area contributed by atoms with Gasteiger partial charge >= 0.3 is 0 Å². The van der Waals surface area contributed by atoms with Crippen molar-refractivity contribution in [1.29, 1.82) is 0 Å². The van der Waals surface area contributed by atoms with Crippen LogP contribution in [0, 0.1) is 5.82 Å². The van der Waals surface area contributed by atoms with Crippen LogP contribution in [0.4, 0.5) is 4.39 Å².